The zero-order chi connectivity index (χ0) is 48.6. The van der Waals surface area contributed by atoms with E-state index in [1.807, 2.05) is 48.3 Å². The number of methoxy groups -OCH3 is 1. The maximum Gasteiger partial charge on any atom is 0.352 e. The lowest BCUT2D eigenvalue weighted by Crippen LogP contribution is -2.28. The van der Waals surface area contributed by atoms with Gasteiger partial charge in [0, 0.05) is 72.6 Å². The van der Waals surface area contributed by atoms with Crippen molar-refractivity contribution in [3.63, 3.8) is 0 Å². The summed E-state index contributed by atoms with van der Waals surface area (Å²) in [7, 11) is 3.68. The van der Waals surface area contributed by atoms with Crippen LogP contribution in [0.1, 0.15) is 54.9 Å². The Kier molecular flexibility index (Phi) is 22.1. The molecule has 20 heteroatoms. The highest BCUT2D eigenvalue weighted by Gasteiger charge is 2.25. The Bertz CT molecular complexity index is 3450. The van der Waals surface area contributed by atoms with Crippen LogP contribution in [0.3, 0.4) is 0 Å². The third kappa shape index (κ3) is 16.7. The summed E-state index contributed by atoms with van der Waals surface area (Å²) >= 11 is 4.79. The molecule has 0 bridgehead atoms. The number of ether oxygens (including phenoxy) is 1. The molecular formula is C48H52N14O4S2. The first-order valence-electron chi connectivity index (χ1n) is 19.4. The minimum absolute atomic E-state index is 0. The summed E-state index contributed by atoms with van der Waals surface area (Å²) in [5, 5.41) is 28.8. The Morgan fingerprint density at radius 2 is 1.41 bits per heavy atom. The van der Waals surface area contributed by atoms with Crippen molar-refractivity contribution in [1.82, 2.24) is 33.6 Å². The van der Waals surface area contributed by atoms with Gasteiger partial charge in [0.2, 0.25) is 10.4 Å². The van der Waals surface area contributed by atoms with Crippen molar-refractivity contribution in [2.75, 3.05) is 13.7 Å². The molecular weight excluding hydrogens is 901 g/mol. The number of benzene rings is 1. The van der Waals surface area contributed by atoms with Crippen LogP contribution in [0.25, 0.3) is 15.9 Å². The van der Waals surface area contributed by atoms with Crippen molar-refractivity contribution < 1.29 is 26.9 Å². The van der Waals surface area contributed by atoms with E-state index in [4.69, 9.17) is 4.74 Å². The molecule has 18 nitrogen and oxygen atoms in total. The molecule has 0 atom stereocenters. The van der Waals surface area contributed by atoms with Gasteiger partial charge in [-0.2, -0.15) is 9.61 Å². The lowest BCUT2D eigenvalue weighted by Gasteiger charge is -2.19. The number of fused-ring (bicyclic) bond motifs is 5. The summed E-state index contributed by atoms with van der Waals surface area (Å²) in [4.78, 5) is 27.1. The van der Waals surface area contributed by atoms with Crippen molar-refractivity contribution in [3.05, 3.63) is 80.5 Å². The quantitative estimate of drug-likeness (QED) is 0.0437. The van der Waals surface area contributed by atoms with Crippen LogP contribution in [0, 0.1) is 135 Å². The van der Waals surface area contributed by atoms with Crippen molar-refractivity contribution in [3.8, 4) is 136 Å². The predicted molar refractivity (Wildman–Crippen MR) is 276 cm³/mol. The lowest BCUT2D eigenvalue weighted by molar-refractivity contribution is -0.744. The molecule has 0 aliphatic carbocycles. The third-order valence-corrected chi connectivity index (χ3v) is 9.69. The fourth-order valence-electron chi connectivity index (χ4n) is 5.56. The van der Waals surface area contributed by atoms with Gasteiger partial charge in [0.05, 0.1) is 30.6 Å². The smallest absolute Gasteiger partial charge is 0.352 e. The van der Waals surface area contributed by atoms with E-state index in [0.29, 0.717) is 12.2 Å². The van der Waals surface area contributed by atoms with E-state index in [1.54, 1.807) is 32.3 Å². The van der Waals surface area contributed by atoms with E-state index < -0.39 is 0 Å². The van der Waals surface area contributed by atoms with Crippen LogP contribution in [0.2, 0.25) is 0 Å². The molecule has 0 unspecified atom stereocenters. The molecule has 2 N–H and O–H groups in total. The van der Waals surface area contributed by atoms with Gasteiger partial charge in [-0.05, 0) is 151 Å². The molecule has 6 rings (SSSR count). The number of nitrogens with zero attached hydrogens (tertiary/aromatic N) is 13. The van der Waals surface area contributed by atoms with Crippen molar-refractivity contribution >= 4 is 40.1 Å². The summed E-state index contributed by atoms with van der Waals surface area (Å²) in [6, 6.07) is 7.83. The number of hydrogen-bond donors (Lipinski definition) is 2. The Labute approximate surface area is 415 Å². The maximum absolute atomic E-state index is 13.4. The highest BCUT2D eigenvalue weighted by atomic mass is 32.1. The number of aryl methyl sites for hydroxylation is 2. The molecule has 1 aliphatic rings. The minimum atomic E-state index is -0.293. The van der Waals surface area contributed by atoms with E-state index in [9.17, 15) is 10.0 Å². The molecule has 4 aromatic heterocycles. The van der Waals surface area contributed by atoms with Crippen LogP contribution < -0.4 is 16.3 Å². The summed E-state index contributed by atoms with van der Waals surface area (Å²) in [6.45, 7) is 6.50. The highest BCUT2D eigenvalue weighted by Crippen LogP contribution is 2.36. The standard InChI is InChI=1S/C24H25N7O2S.C24H6.H3N7O2S.9H2/c1-28-11-9-25-20(28)14-29-10-3-4-18-19(13-29)34-23-21(18)22-26-15-27-31(22)24(32)30(23)12-16-5-7-17(33-2)8-6-16;1-3-5-7-9-11-13-15-17-19-21-23-24-22-20-18-16-14-12-10-8-6-4-2;1-2-3-4-5-6-7(8)9-10;;;;;;;;;/h5-9,11,15H,3-4,10,12-14H2,1-2H3;1-2H3;10H,(H2,1,3,5);9*1H. The molecule has 0 amide bonds. The third-order valence-electron chi connectivity index (χ3n) is 8.31. The van der Waals surface area contributed by atoms with Crippen LogP contribution in [-0.4, -0.2) is 52.3 Å². The highest BCUT2D eigenvalue weighted by molar-refractivity contribution is 7.74. The second-order valence-electron chi connectivity index (χ2n) is 12.5. The van der Waals surface area contributed by atoms with E-state index in [2.05, 4.69) is 204 Å². The van der Waals surface area contributed by atoms with Crippen molar-refractivity contribution in [2.45, 2.75) is 46.3 Å². The molecule has 0 spiro atoms. The molecule has 0 saturated heterocycles. The van der Waals surface area contributed by atoms with Gasteiger partial charge < -0.3 is 24.6 Å². The Balaban J connectivity index is -0.000000262. The molecule has 0 fully saturated rings. The molecule has 1 aliphatic heterocycles. The van der Waals surface area contributed by atoms with Gasteiger partial charge in [-0.3, -0.25) is 9.47 Å². The summed E-state index contributed by atoms with van der Waals surface area (Å²) in [5.74, 6) is 62.0. The van der Waals surface area contributed by atoms with E-state index in [0.717, 1.165) is 59.8 Å². The lowest BCUT2D eigenvalue weighted by atomic mass is 10.1. The maximum atomic E-state index is 13.4. The normalized spacial score (nSPS) is 10.6. The molecule has 0 radical (unpaired) electrons. The number of thiophene rings is 1. The molecule has 350 valence electrons. The number of imidazole rings is 1. The first-order valence-corrected chi connectivity index (χ1v) is 20.5. The predicted octanol–water partition coefficient (Wildman–Crippen LogP) is 6.46. The fourth-order valence-corrected chi connectivity index (χ4v) is 6.97. The average Bonchev–Trinajstić information content (AvgIpc) is 4.07. The van der Waals surface area contributed by atoms with E-state index >= 15 is 0 Å². The number of thiol groups is 1. The first-order chi connectivity index (χ1) is 33.3. The number of hydrogen-bond acceptors (Lipinski definition) is 11. The second-order valence-corrected chi connectivity index (χ2v) is 13.7. The van der Waals surface area contributed by atoms with Crippen molar-refractivity contribution in [2.24, 2.45) is 39.0 Å². The average molecular weight is 953 g/mol. The number of aromatic nitrogens is 6. The van der Waals surface area contributed by atoms with E-state index in [1.165, 1.54) is 21.3 Å². The number of rotatable bonds is 8. The monoisotopic (exact) mass is 952 g/mol. The Hall–Kier alpha value is -9.79. The summed E-state index contributed by atoms with van der Waals surface area (Å²) in [5.41, 5.74) is 2.81. The SMILES string of the molecule is CC#CC#CC#CC#CC#CC#CC#CC#CC#CC#CC#CC.COc1ccc(Cn2c(=O)n3ncnc3c3c4c(sc32)CN(Cc2nccn2C)CCC4)cc1.NN=NN=NN=[N+]([O-])OS.[HH].[HH].[HH].[HH].[HH].[HH].[HH].[HH].[HH]. The molecule has 0 saturated carbocycles. The molecule has 5 heterocycles. The van der Waals surface area contributed by atoms with Crippen LogP contribution in [0.4, 0.5) is 0 Å². The molecule has 68 heavy (non-hydrogen) atoms. The van der Waals surface area contributed by atoms with Gasteiger partial charge in [0.1, 0.15) is 28.0 Å². The van der Waals surface area contributed by atoms with Gasteiger partial charge in [-0.15, -0.1) is 11.3 Å². The first kappa shape index (κ1) is 50.9. The zero-order valence-corrected chi connectivity index (χ0v) is 38.4. The summed E-state index contributed by atoms with van der Waals surface area (Å²) < 4.78 is 14.3. The van der Waals surface area contributed by atoms with Crippen LogP contribution >= 0.6 is 24.2 Å². The fraction of sp³-hybridized carbons (Fsp3) is 0.208. The Morgan fingerprint density at radius 3 is 1.91 bits per heavy atom. The van der Waals surface area contributed by atoms with Crippen LogP contribution in [-0.2, 0) is 37.4 Å². The topological polar surface area (TPSA) is 206 Å². The van der Waals surface area contributed by atoms with E-state index in [-0.39, 0.29) is 23.6 Å². The van der Waals surface area contributed by atoms with Crippen molar-refractivity contribution in [1.29, 1.82) is 0 Å². The minimum Gasteiger partial charge on any atom is -0.497 e. The van der Waals surface area contributed by atoms with Gasteiger partial charge in [0.25, 0.3) is 0 Å². The molecule has 1 aromatic carbocycles. The molecule has 5 aromatic rings. The van der Waals surface area contributed by atoms with Gasteiger partial charge in [0.15, 0.2) is 5.65 Å². The largest absolute Gasteiger partial charge is 0.497 e. The van der Waals surface area contributed by atoms with Crippen LogP contribution in [0.5, 0.6) is 5.75 Å². The van der Waals surface area contributed by atoms with Gasteiger partial charge in [-0.1, -0.05) is 42.1 Å². The van der Waals surface area contributed by atoms with Crippen LogP contribution in [0.15, 0.2) is 73.9 Å². The number of nitrogens with two attached hydrogens (primary N) is 1. The second kappa shape index (κ2) is 29.6. The summed E-state index contributed by atoms with van der Waals surface area (Å²) in [6.07, 6.45) is 7.30. The zero-order valence-electron chi connectivity index (χ0n) is 36.7. The Morgan fingerprint density at radius 1 is 0.838 bits per heavy atom. The van der Waals surface area contributed by atoms with Gasteiger partial charge in [-0.25, -0.2) is 14.8 Å². The van der Waals surface area contributed by atoms with Gasteiger partial charge >= 0.3 is 5.69 Å².